The van der Waals surface area contributed by atoms with Gasteiger partial charge in [0.1, 0.15) is 12.5 Å². The summed E-state index contributed by atoms with van der Waals surface area (Å²) in [6.45, 7) is 0.727. The van der Waals surface area contributed by atoms with E-state index in [-0.39, 0.29) is 0 Å². The Morgan fingerprint density at radius 2 is 2.75 bits per heavy atom. The van der Waals surface area contributed by atoms with E-state index in [1.807, 2.05) is 0 Å². The van der Waals surface area contributed by atoms with Crippen LogP contribution < -0.4 is 5.48 Å². The predicted molar refractivity (Wildman–Crippen MR) is 27.9 cm³/mol. The average Bonchev–Trinajstić information content (AvgIpc) is 1.90. The predicted octanol–water partition coefficient (Wildman–Crippen LogP) is -0.00590. The van der Waals surface area contributed by atoms with Crippen LogP contribution in [0.3, 0.4) is 0 Å². The first-order chi connectivity index (χ1) is 3.93. The van der Waals surface area contributed by atoms with Gasteiger partial charge in [0.15, 0.2) is 0 Å². The largest absolute Gasteiger partial charge is 0.416 e. The van der Waals surface area contributed by atoms with E-state index in [9.17, 15) is 4.79 Å². The van der Waals surface area contributed by atoms with Crippen LogP contribution in [0.4, 0.5) is 0 Å². The molecule has 0 spiro atoms. The zero-order valence-corrected chi connectivity index (χ0v) is 4.39. The minimum absolute atomic E-state index is 0.712. The quantitative estimate of drug-likeness (QED) is 0.486. The van der Waals surface area contributed by atoms with Crippen molar-refractivity contribution in [2.45, 2.75) is 6.42 Å². The Morgan fingerprint density at radius 1 is 1.88 bits per heavy atom. The lowest BCUT2D eigenvalue weighted by molar-refractivity contribution is -0.105. The molecule has 0 atom stereocenters. The summed E-state index contributed by atoms with van der Waals surface area (Å²) in [6.07, 6.45) is 3.00. The van der Waals surface area contributed by atoms with E-state index in [4.69, 9.17) is 0 Å². The van der Waals surface area contributed by atoms with Gasteiger partial charge in [0.05, 0.1) is 0 Å². The molecule has 0 radical (unpaired) electrons. The molecular formula is C5H7NO2. The minimum Gasteiger partial charge on any atom is -0.416 e. The van der Waals surface area contributed by atoms with E-state index >= 15 is 0 Å². The fraction of sp³-hybridized carbons (Fsp3) is 0.400. The third-order valence-electron chi connectivity index (χ3n) is 0.961. The van der Waals surface area contributed by atoms with Crippen LogP contribution in [0.5, 0.6) is 0 Å². The highest BCUT2D eigenvalue weighted by Gasteiger charge is 1.99. The molecule has 1 rings (SSSR count). The van der Waals surface area contributed by atoms with Gasteiger partial charge in [0.25, 0.3) is 0 Å². The third kappa shape index (κ3) is 1.07. The highest BCUT2D eigenvalue weighted by Crippen LogP contribution is 1.99. The van der Waals surface area contributed by atoms with Crippen LogP contribution in [-0.2, 0) is 9.63 Å². The molecule has 3 heteroatoms. The Balaban J connectivity index is 2.49. The lowest BCUT2D eigenvalue weighted by atomic mass is 10.2. The first-order valence-corrected chi connectivity index (χ1v) is 2.46. The molecule has 44 valence electrons. The molecule has 0 aliphatic carbocycles. The van der Waals surface area contributed by atoms with Crippen LogP contribution in [0.1, 0.15) is 6.42 Å². The summed E-state index contributed by atoms with van der Waals surface area (Å²) in [5.41, 5.74) is 3.33. The average molecular weight is 113 g/mol. The van der Waals surface area contributed by atoms with Gasteiger partial charge in [-0.3, -0.25) is 4.79 Å². The van der Waals surface area contributed by atoms with Crippen molar-refractivity contribution in [3.63, 3.8) is 0 Å². The second-order valence-corrected chi connectivity index (χ2v) is 1.57. The summed E-state index contributed by atoms with van der Waals surface area (Å²) in [5, 5.41) is 0. The Bertz CT molecular complexity index is 120. The highest BCUT2D eigenvalue weighted by atomic mass is 16.6. The van der Waals surface area contributed by atoms with Gasteiger partial charge >= 0.3 is 0 Å². The van der Waals surface area contributed by atoms with E-state index in [1.165, 1.54) is 6.26 Å². The second kappa shape index (κ2) is 2.47. The van der Waals surface area contributed by atoms with Crippen LogP contribution in [0.25, 0.3) is 0 Å². The molecule has 0 unspecified atom stereocenters. The molecule has 0 amide bonds. The summed E-state index contributed by atoms with van der Waals surface area (Å²) in [5.74, 6) is 0. The summed E-state index contributed by atoms with van der Waals surface area (Å²) < 4.78 is 0. The van der Waals surface area contributed by atoms with Crippen LogP contribution in [0, 0.1) is 0 Å². The summed E-state index contributed by atoms with van der Waals surface area (Å²) in [4.78, 5) is 14.6. The van der Waals surface area contributed by atoms with Gasteiger partial charge in [-0.1, -0.05) is 0 Å². The molecule has 1 aliphatic heterocycles. The normalized spacial score (nSPS) is 18.8. The van der Waals surface area contributed by atoms with E-state index in [2.05, 4.69) is 10.3 Å². The molecule has 0 saturated carbocycles. The molecular weight excluding hydrogens is 106 g/mol. The van der Waals surface area contributed by atoms with Gasteiger partial charge < -0.3 is 4.84 Å². The molecule has 0 aromatic heterocycles. The maximum Gasteiger partial charge on any atom is 0.149 e. The summed E-state index contributed by atoms with van der Waals surface area (Å²) >= 11 is 0. The van der Waals surface area contributed by atoms with E-state index < -0.39 is 0 Å². The minimum atomic E-state index is 0.712. The lowest BCUT2D eigenvalue weighted by Crippen LogP contribution is -2.18. The van der Waals surface area contributed by atoms with Crippen molar-refractivity contribution in [1.29, 1.82) is 0 Å². The van der Waals surface area contributed by atoms with Gasteiger partial charge in [-0.25, -0.2) is 0 Å². The highest BCUT2D eigenvalue weighted by molar-refractivity contribution is 5.72. The molecule has 1 aliphatic rings. The topological polar surface area (TPSA) is 38.3 Å². The van der Waals surface area contributed by atoms with Crippen molar-refractivity contribution in [2.75, 3.05) is 6.54 Å². The van der Waals surface area contributed by atoms with Crippen molar-refractivity contribution in [3.8, 4) is 0 Å². The lowest BCUT2D eigenvalue weighted by Gasteiger charge is -2.08. The van der Waals surface area contributed by atoms with Crippen molar-refractivity contribution in [3.05, 3.63) is 11.8 Å². The number of nitrogens with one attached hydrogen (secondary N) is 1. The first-order valence-electron chi connectivity index (χ1n) is 2.46. The number of carbonyl (C=O) groups is 1. The molecule has 0 bridgehead atoms. The summed E-state index contributed by atoms with van der Waals surface area (Å²) in [6, 6.07) is 0. The molecule has 1 N–H and O–H groups in total. The molecule has 0 fully saturated rings. The van der Waals surface area contributed by atoms with Gasteiger partial charge in [0, 0.05) is 12.1 Å². The van der Waals surface area contributed by atoms with Crippen LogP contribution in [0.15, 0.2) is 11.8 Å². The van der Waals surface area contributed by atoms with Crippen molar-refractivity contribution in [1.82, 2.24) is 5.48 Å². The monoisotopic (exact) mass is 113 g/mol. The number of hydroxylamine groups is 1. The van der Waals surface area contributed by atoms with E-state index in [0.717, 1.165) is 19.3 Å². The Hall–Kier alpha value is -0.830. The van der Waals surface area contributed by atoms with E-state index in [1.54, 1.807) is 0 Å². The summed E-state index contributed by atoms with van der Waals surface area (Å²) in [7, 11) is 0. The second-order valence-electron chi connectivity index (χ2n) is 1.57. The number of hydrogen-bond acceptors (Lipinski definition) is 3. The maximum absolute atomic E-state index is 9.98. The fourth-order valence-corrected chi connectivity index (χ4v) is 0.517. The first kappa shape index (κ1) is 5.31. The van der Waals surface area contributed by atoms with Crippen LogP contribution in [-0.4, -0.2) is 12.8 Å². The standard InChI is InChI=1S/C5H7NO2/c7-3-5-1-2-6-8-4-5/h3-4,6H,1-2H2. The Kier molecular flexibility index (Phi) is 1.64. The molecule has 1 heterocycles. The van der Waals surface area contributed by atoms with Crippen molar-refractivity contribution < 1.29 is 9.63 Å². The van der Waals surface area contributed by atoms with Gasteiger partial charge in [0.2, 0.25) is 0 Å². The molecule has 3 nitrogen and oxygen atoms in total. The fourth-order valence-electron chi connectivity index (χ4n) is 0.517. The zero-order valence-electron chi connectivity index (χ0n) is 4.39. The SMILES string of the molecule is O=CC1=CONCC1. The third-order valence-corrected chi connectivity index (χ3v) is 0.961. The van der Waals surface area contributed by atoms with Crippen molar-refractivity contribution in [2.24, 2.45) is 0 Å². The molecule has 8 heavy (non-hydrogen) atoms. The number of hydrogen-bond donors (Lipinski definition) is 1. The molecule has 0 aromatic carbocycles. The van der Waals surface area contributed by atoms with Crippen molar-refractivity contribution >= 4 is 6.29 Å². The van der Waals surface area contributed by atoms with Crippen LogP contribution in [0.2, 0.25) is 0 Å². The number of rotatable bonds is 1. The van der Waals surface area contributed by atoms with Gasteiger partial charge in [-0.15, -0.1) is 0 Å². The maximum atomic E-state index is 9.98. The van der Waals surface area contributed by atoms with Crippen LogP contribution >= 0.6 is 0 Å². The Morgan fingerprint density at radius 3 is 3.12 bits per heavy atom. The number of aldehydes is 1. The molecule has 0 aromatic rings. The smallest absolute Gasteiger partial charge is 0.149 e. The molecule has 0 saturated heterocycles. The number of carbonyl (C=O) groups excluding carboxylic acids is 1. The zero-order chi connectivity index (χ0) is 5.82. The Labute approximate surface area is 47.3 Å². The van der Waals surface area contributed by atoms with Gasteiger partial charge in [-0.05, 0) is 6.42 Å². The van der Waals surface area contributed by atoms with E-state index in [0.29, 0.717) is 5.57 Å². The van der Waals surface area contributed by atoms with Gasteiger partial charge in [-0.2, -0.15) is 5.48 Å².